The molecular formula is C24H25BrClN3OS. The van der Waals surface area contributed by atoms with Crippen LogP contribution in [0.5, 0.6) is 0 Å². The summed E-state index contributed by atoms with van der Waals surface area (Å²) < 4.78 is 2.10. The SMILES string of the molecule is CN(C)CCCN(C(=O)Cc1cccc2ccccc12)c1nc2ccc(Br)cc2s1.Cl. The van der Waals surface area contributed by atoms with Crippen molar-refractivity contribution in [2.75, 3.05) is 32.1 Å². The third kappa shape index (κ3) is 5.63. The second kappa shape index (κ2) is 10.6. The molecule has 0 N–H and O–H groups in total. The second-order valence-electron chi connectivity index (χ2n) is 7.63. The molecule has 162 valence electrons. The van der Waals surface area contributed by atoms with Crippen molar-refractivity contribution >= 4 is 71.7 Å². The lowest BCUT2D eigenvalue weighted by molar-refractivity contribution is -0.118. The van der Waals surface area contributed by atoms with E-state index < -0.39 is 0 Å². The van der Waals surface area contributed by atoms with E-state index in [1.165, 1.54) is 0 Å². The Morgan fingerprint density at radius 1 is 1.03 bits per heavy atom. The third-order valence-corrected chi connectivity index (χ3v) is 6.61. The highest BCUT2D eigenvalue weighted by Gasteiger charge is 2.20. The van der Waals surface area contributed by atoms with Gasteiger partial charge in [-0.05, 0) is 61.6 Å². The van der Waals surface area contributed by atoms with Gasteiger partial charge in [-0.25, -0.2) is 4.98 Å². The summed E-state index contributed by atoms with van der Waals surface area (Å²) in [5.74, 6) is 0.0863. The number of hydrogen-bond donors (Lipinski definition) is 0. The molecule has 7 heteroatoms. The fraction of sp³-hybridized carbons (Fsp3) is 0.250. The Balaban J connectivity index is 0.00000272. The van der Waals surface area contributed by atoms with Gasteiger partial charge in [0, 0.05) is 11.0 Å². The molecule has 0 aliphatic carbocycles. The van der Waals surface area contributed by atoms with E-state index in [1.807, 2.05) is 41.3 Å². The second-order valence-corrected chi connectivity index (χ2v) is 9.55. The van der Waals surface area contributed by atoms with Crippen molar-refractivity contribution in [1.29, 1.82) is 0 Å². The van der Waals surface area contributed by atoms with Crippen LogP contribution < -0.4 is 4.90 Å². The first kappa shape index (κ1) is 23.7. The Labute approximate surface area is 201 Å². The van der Waals surface area contributed by atoms with Gasteiger partial charge in [0.15, 0.2) is 5.13 Å². The van der Waals surface area contributed by atoms with Gasteiger partial charge in [-0.2, -0.15) is 0 Å². The van der Waals surface area contributed by atoms with Crippen LogP contribution in [0.1, 0.15) is 12.0 Å². The maximum Gasteiger partial charge on any atom is 0.233 e. The van der Waals surface area contributed by atoms with Crippen LogP contribution in [0.2, 0.25) is 0 Å². The van der Waals surface area contributed by atoms with Crippen LogP contribution in [0.15, 0.2) is 65.1 Å². The Morgan fingerprint density at radius 2 is 1.81 bits per heavy atom. The maximum atomic E-state index is 13.4. The fourth-order valence-electron chi connectivity index (χ4n) is 3.58. The topological polar surface area (TPSA) is 36.4 Å². The Morgan fingerprint density at radius 3 is 2.61 bits per heavy atom. The maximum absolute atomic E-state index is 13.4. The number of hydrogen-bond acceptors (Lipinski definition) is 4. The summed E-state index contributed by atoms with van der Waals surface area (Å²) in [5.41, 5.74) is 1.98. The molecule has 0 aliphatic rings. The van der Waals surface area contributed by atoms with Gasteiger partial charge in [-0.3, -0.25) is 9.69 Å². The van der Waals surface area contributed by atoms with Crippen LogP contribution in [0.25, 0.3) is 21.0 Å². The average Bonchev–Trinajstić information content (AvgIpc) is 3.14. The van der Waals surface area contributed by atoms with E-state index in [2.05, 4.69) is 59.2 Å². The van der Waals surface area contributed by atoms with Crippen molar-refractivity contribution in [3.05, 3.63) is 70.7 Å². The highest BCUT2D eigenvalue weighted by Crippen LogP contribution is 2.31. The van der Waals surface area contributed by atoms with Crippen molar-refractivity contribution in [3.8, 4) is 0 Å². The van der Waals surface area contributed by atoms with Crippen LogP contribution in [0, 0.1) is 0 Å². The minimum absolute atomic E-state index is 0. The first-order valence-corrected chi connectivity index (χ1v) is 11.6. The molecule has 0 saturated heterocycles. The molecule has 3 aromatic carbocycles. The molecule has 4 aromatic rings. The van der Waals surface area contributed by atoms with Gasteiger partial charge in [0.1, 0.15) is 0 Å². The molecule has 1 heterocycles. The van der Waals surface area contributed by atoms with Gasteiger partial charge in [-0.1, -0.05) is 69.7 Å². The van der Waals surface area contributed by atoms with Gasteiger partial charge >= 0.3 is 0 Å². The molecule has 0 unspecified atom stereocenters. The van der Waals surface area contributed by atoms with Gasteiger partial charge in [-0.15, -0.1) is 12.4 Å². The van der Waals surface area contributed by atoms with E-state index in [4.69, 9.17) is 4.98 Å². The average molecular weight is 519 g/mol. The van der Waals surface area contributed by atoms with Crippen LogP contribution in [0.4, 0.5) is 5.13 Å². The smallest absolute Gasteiger partial charge is 0.233 e. The zero-order chi connectivity index (χ0) is 21.1. The number of carbonyl (C=O) groups excluding carboxylic acids is 1. The van der Waals surface area contributed by atoms with Gasteiger partial charge in [0.25, 0.3) is 0 Å². The number of halogens is 2. The van der Waals surface area contributed by atoms with Crippen LogP contribution in [-0.2, 0) is 11.2 Å². The highest BCUT2D eigenvalue weighted by atomic mass is 79.9. The predicted octanol–water partition coefficient (Wildman–Crippen LogP) is 6.16. The van der Waals surface area contributed by atoms with Crippen molar-refractivity contribution in [2.45, 2.75) is 12.8 Å². The molecule has 0 atom stereocenters. The number of anilines is 1. The van der Waals surface area contributed by atoms with Gasteiger partial charge in [0.05, 0.1) is 16.6 Å². The van der Waals surface area contributed by atoms with Crippen molar-refractivity contribution in [3.63, 3.8) is 0 Å². The molecule has 0 bridgehead atoms. The summed E-state index contributed by atoms with van der Waals surface area (Å²) in [5, 5.41) is 3.06. The number of nitrogens with zero attached hydrogens (tertiary/aromatic N) is 3. The number of amides is 1. The summed E-state index contributed by atoms with van der Waals surface area (Å²) in [6.07, 6.45) is 1.26. The normalized spacial score (nSPS) is 11.1. The summed E-state index contributed by atoms with van der Waals surface area (Å²) in [4.78, 5) is 22.2. The van der Waals surface area contributed by atoms with Crippen molar-refractivity contribution in [1.82, 2.24) is 9.88 Å². The molecule has 0 radical (unpaired) electrons. The van der Waals surface area contributed by atoms with Crippen LogP contribution >= 0.6 is 39.7 Å². The van der Waals surface area contributed by atoms with Crippen LogP contribution in [0.3, 0.4) is 0 Å². The first-order chi connectivity index (χ1) is 14.5. The van der Waals surface area contributed by atoms with E-state index in [0.717, 1.165) is 49.1 Å². The highest BCUT2D eigenvalue weighted by molar-refractivity contribution is 9.10. The van der Waals surface area contributed by atoms with Gasteiger partial charge in [0.2, 0.25) is 5.91 Å². The standard InChI is InChI=1S/C24H24BrN3OS.ClH/c1-27(2)13-6-14-28(24-26-21-12-11-19(25)16-22(21)30-24)23(29)15-18-9-5-8-17-7-3-4-10-20(17)18;/h3-5,7-12,16H,6,13-15H2,1-2H3;1H. The molecule has 0 fully saturated rings. The minimum atomic E-state index is 0. The zero-order valence-corrected chi connectivity index (χ0v) is 20.8. The van der Waals surface area contributed by atoms with E-state index in [1.54, 1.807) is 11.3 Å². The molecular weight excluding hydrogens is 494 g/mol. The molecule has 31 heavy (non-hydrogen) atoms. The molecule has 0 aliphatic heterocycles. The molecule has 4 rings (SSSR count). The number of benzene rings is 3. The van der Waals surface area contributed by atoms with Crippen molar-refractivity contribution in [2.24, 2.45) is 0 Å². The Bertz CT molecular complexity index is 1190. The largest absolute Gasteiger partial charge is 0.309 e. The molecule has 1 amide bonds. The number of aromatic nitrogens is 1. The number of rotatable bonds is 7. The lowest BCUT2D eigenvalue weighted by atomic mass is 10.0. The summed E-state index contributed by atoms with van der Waals surface area (Å²) in [6.45, 7) is 1.58. The van der Waals surface area contributed by atoms with Crippen molar-refractivity contribution < 1.29 is 4.79 Å². The lowest BCUT2D eigenvalue weighted by Gasteiger charge is -2.21. The summed E-state index contributed by atoms with van der Waals surface area (Å²) in [6, 6.07) is 20.4. The molecule has 1 aromatic heterocycles. The summed E-state index contributed by atoms with van der Waals surface area (Å²) in [7, 11) is 4.11. The molecule has 0 spiro atoms. The molecule has 4 nitrogen and oxygen atoms in total. The predicted molar refractivity (Wildman–Crippen MR) is 138 cm³/mol. The number of thiazole rings is 1. The van der Waals surface area contributed by atoms with Crippen LogP contribution in [-0.4, -0.2) is 43.0 Å². The minimum Gasteiger partial charge on any atom is -0.309 e. The quantitative estimate of drug-likeness (QED) is 0.294. The Hall–Kier alpha value is -1.99. The zero-order valence-electron chi connectivity index (χ0n) is 17.5. The number of fused-ring (bicyclic) bond motifs is 2. The van der Waals surface area contributed by atoms with Gasteiger partial charge < -0.3 is 4.90 Å². The summed E-state index contributed by atoms with van der Waals surface area (Å²) >= 11 is 5.10. The van der Waals surface area contributed by atoms with E-state index >= 15 is 0 Å². The van der Waals surface area contributed by atoms with E-state index in [0.29, 0.717) is 13.0 Å². The lowest BCUT2D eigenvalue weighted by Crippen LogP contribution is -2.34. The monoisotopic (exact) mass is 517 g/mol. The molecule has 0 saturated carbocycles. The Kier molecular flexibility index (Phi) is 8.06. The van der Waals surface area contributed by atoms with E-state index in [9.17, 15) is 4.79 Å². The van der Waals surface area contributed by atoms with E-state index in [-0.39, 0.29) is 18.3 Å². The number of carbonyl (C=O) groups is 1. The first-order valence-electron chi connectivity index (χ1n) is 9.99. The fourth-order valence-corrected chi connectivity index (χ4v) is 5.14. The third-order valence-electron chi connectivity index (χ3n) is 5.08.